The molecule has 0 saturated heterocycles. The Bertz CT molecular complexity index is 1540. The zero-order valence-corrected chi connectivity index (χ0v) is 20.7. The van der Waals surface area contributed by atoms with Crippen molar-refractivity contribution < 1.29 is 13.2 Å². The van der Waals surface area contributed by atoms with Crippen LogP contribution in [-0.4, -0.2) is 24.8 Å². The zero-order valence-electron chi connectivity index (χ0n) is 19.1. The first-order valence-electron chi connectivity index (χ1n) is 10.8. The molecule has 0 aliphatic heterocycles. The molecule has 0 radical (unpaired) electrons. The summed E-state index contributed by atoms with van der Waals surface area (Å²) >= 11 is 6.41. The highest BCUT2D eigenvalue weighted by Crippen LogP contribution is 2.33. The third-order valence-corrected chi connectivity index (χ3v) is 7.26. The lowest BCUT2D eigenvalue weighted by atomic mass is 10.1. The largest absolute Gasteiger partial charge is 0.492 e. The van der Waals surface area contributed by atoms with Gasteiger partial charge in [-0.15, -0.1) is 0 Å². The summed E-state index contributed by atoms with van der Waals surface area (Å²) in [6, 6.07) is 22.9. The number of nitrogens with zero attached hydrogens (tertiary/aromatic N) is 3. The summed E-state index contributed by atoms with van der Waals surface area (Å²) in [7, 11) is -4.03. The van der Waals surface area contributed by atoms with Crippen molar-refractivity contribution in [1.29, 1.82) is 5.26 Å². The van der Waals surface area contributed by atoms with Crippen molar-refractivity contribution in [2.24, 2.45) is 0 Å². The molecule has 176 valence electrons. The molecule has 0 fully saturated rings. The molecule has 0 aliphatic rings. The summed E-state index contributed by atoms with van der Waals surface area (Å²) in [5, 5.41) is 14.9. The molecule has 0 amide bonds. The number of allylic oxidation sites excluding steroid dienone is 1. The van der Waals surface area contributed by atoms with Crippen LogP contribution in [0.1, 0.15) is 18.1 Å². The second kappa shape index (κ2) is 10.2. The smallest absolute Gasteiger partial charge is 0.216 e. The van der Waals surface area contributed by atoms with Crippen molar-refractivity contribution in [3.05, 3.63) is 100 Å². The summed E-state index contributed by atoms with van der Waals surface area (Å²) < 4.78 is 33.6. The number of rotatable bonds is 7. The summed E-state index contributed by atoms with van der Waals surface area (Å²) in [5.41, 5.74) is 3.30. The number of halogens is 1. The Morgan fingerprint density at radius 3 is 2.46 bits per heavy atom. The predicted octanol–water partition coefficient (Wildman–Crippen LogP) is 6.24. The molecule has 0 saturated carbocycles. The molecule has 3 aromatic carbocycles. The Labute approximate surface area is 209 Å². The van der Waals surface area contributed by atoms with Gasteiger partial charge < -0.3 is 4.74 Å². The van der Waals surface area contributed by atoms with Crippen LogP contribution in [0.15, 0.2) is 88.8 Å². The van der Waals surface area contributed by atoms with Gasteiger partial charge in [0.25, 0.3) is 0 Å². The minimum Gasteiger partial charge on any atom is -0.492 e. The van der Waals surface area contributed by atoms with Crippen molar-refractivity contribution in [3.8, 4) is 28.8 Å². The molecule has 6 nitrogen and oxygen atoms in total. The lowest BCUT2D eigenvalue weighted by molar-refractivity contribution is 0.340. The molecule has 0 aliphatic carbocycles. The number of aromatic nitrogens is 2. The van der Waals surface area contributed by atoms with Crippen LogP contribution in [0.4, 0.5) is 0 Å². The lowest BCUT2D eigenvalue weighted by Gasteiger charge is -2.07. The Kier molecular flexibility index (Phi) is 7.06. The summed E-state index contributed by atoms with van der Waals surface area (Å²) in [4.78, 5) is -0.329. The number of para-hydroxylation sites is 1. The molecule has 0 atom stereocenters. The highest BCUT2D eigenvalue weighted by molar-refractivity contribution is 7.95. The zero-order chi connectivity index (χ0) is 25.0. The molecule has 1 heterocycles. The van der Waals surface area contributed by atoms with E-state index in [2.05, 4.69) is 5.10 Å². The monoisotopic (exact) mass is 503 g/mol. The van der Waals surface area contributed by atoms with Crippen LogP contribution in [0.5, 0.6) is 5.75 Å². The molecule has 0 bridgehead atoms. The van der Waals surface area contributed by atoms with E-state index in [0.29, 0.717) is 34.2 Å². The third-order valence-electron chi connectivity index (χ3n) is 5.29. The predicted molar refractivity (Wildman–Crippen MR) is 137 cm³/mol. The highest BCUT2D eigenvalue weighted by atomic mass is 35.5. The number of hydrogen-bond donors (Lipinski definition) is 0. The summed E-state index contributed by atoms with van der Waals surface area (Å²) in [6.45, 7) is 4.20. The number of benzene rings is 3. The molecule has 4 aromatic rings. The van der Waals surface area contributed by atoms with E-state index in [1.807, 2.05) is 50.2 Å². The molecular weight excluding hydrogens is 482 g/mol. The fraction of sp³-hybridized carbons (Fsp3) is 0.111. The van der Waals surface area contributed by atoms with E-state index in [1.54, 1.807) is 41.2 Å². The van der Waals surface area contributed by atoms with E-state index in [1.165, 1.54) is 18.2 Å². The number of nitriles is 1. The van der Waals surface area contributed by atoms with Crippen molar-refractivity contribution in [2.45, 2.75) is 18.7 Å². The van der Waals surface area contributed by atoms with Crippen LogP contribution in [0.2, 0.25) is 5.02 Å². The Morgan fingerprint density at radius 2 is 1.83 bits per heavy atom. The van der Waals surface area contributed by atoms with Crippen molar-refractivity contribution in [2.75, 3.05) is 6.61 Å². The van der Waals surface area contributed by atoms with Gasteiger partial charge in [0.05, 0.1) is 22.2 Å². The molecule has 35 heavy (non-hydrogen) atoms. The van der Waals surface area contributed by atoms with Crippen LogP contribution in [0.3, 0.4) is 0 Å². The van der Waals surface area contributed by atoms with Gasteiger partial charge in [0.2, 0.25) is 9.84 Å². The first kappa shape index (κ1) is 24.3. The van der Waals surface area contributed by atoms with Gasteiger partial charge in [-0.3, -0.25) is 0 Å². The van der Waals surface area contributed by atoms with Gasteiger partial charge in [-0.25, -0.2) is 13.1 Å². The van der Waals surface area contributed by atoms with Gasteiger partial charge in [-0.1, -0.05) is 47.5 Å². The fourth-order valence-electron chi connectivity index (χ4n) is 3.51. The van der Waals surface area contributed by atoms with Crippen LogP contribution in [0, 0.1) is 18.3 Å². The average molecular weight is 504 g/mol. The van der Waals surface area contributed by atoms with Gasteiger partial charge in [-0.05, 0) is 62.4 Å². The second-order valence-corrected chi connectivity index (χ2v) is 10.1. The normalized spacial score (nSPS) is 11.8. The average Bonchev–Trinajstić information content (AvgIpc) is 3.28. The summed E-state index contributed by atoms with van der Waals surface area (Å²) in [5.74, 6) is 0.539. The third kappa shape index (κ3) is 5.14. The topological polar surface area (TPSA) is 85.0 Å². The minimum absolute atomic E-state index is 0.0528. The van der Waals surface area contributed by atoms with Gasteiger partial charge in [-0.2, -0.15) is 10.4 Å². The van der Waals surface area contributed by atoms with Crippen LogP contribution in [-0.2, 0) is 9.84 Å². The Morgan fingerprint density at radius 1 is 1.11 bits per heavy atom. The van der Waals surface area contributed by atoms with Crippen LogP contribution >= 0.6 is 11.6 Å². The standard InChI is InChI=1S/C27H22ClN3O3S/c1-3-34-26-14-11-20(16-25(26)28)27-21(18-31(30-27)22-7-5-4-6-8-22)15-24(17-29)35(32,33)23-12-9-19(2)10-13-23/h4-16,18H,3H2,1-2H3/b24-15-. The van der Waals surface area contributed by atoms with Gasteiger partial charge in [0.1, 0.15) is 22.4 Å². The number of sulfone groups is 1. The number of ether oxygens (including phenoxy) is 1. The molecule has 0 unspecified atom stereocenters. The fourth-order valence-corrected chi connectivity index (χ4v) is 4.89. The quantitative estimate of drug-likeness (QED) is 0.279. The van der Waals surface area contributed by atoms with E-state index in [-0.39, 0.29) is 9.80 Å². The second-order valence-electron chi connectivity index (χ2n) is 7.73. The molecule has 0 spiro atoms. The highest BCUT2D eigenvalue weighted by Gasteiger charge is 2.22. The number of hydrogen-bond acceptors (Lipinski definition) is 5. The molecular formula is C27H22ClN3O3S. The van der Waals surface area contributed by atoms with Crippen LogP contribution in [0.25, 0.3) is 23.0 Å². The number of aryl methyl sites for hydroxylation is 1. The van der Waals surface area contributed by atoms with E-state index in [4.69, 9.17) is 16.3 Å². The maximum Gasteiger partial charge on any atom is 0.216 e. The maximum absolute atomic E-state index is 13.2. The molecule has 4 rings (SSSR count). The Hall–Kier alpha value is -3.86. The lowest BCUT2D eigenvalue weighted by Crippen LogP contribution is -2.03. The van der Waals surface area contributed by atoms with Crippen molar-refractivity contribution in [1.82, 2.24) is 9.78 Å². The first-order chi connectivity index (χ1) is 16.8. The SMILES string of the molecule is CCOc1ccc(-c2nn(-c3ccccc3)cc2/C=C(/C#N)S(=O)(=O)c2ccc(C)cc2)cc1Cl. The summed E-state index contributed by atoms with van der Waals surface area (Å²) in [6.07, 6.45) is 3.04. The van der Waals surface area contributed by atoms with Crippen molar-refractivity contribution in [3.63, 3.8) is 0 Å². The van der Waals surface area contributed by atoms with E-state index < -0.39 is 9.84 Å². The molecule has 1 aromatic heterocycles. The van der Waals surface area contributed by atoms with E-state index >= 15 is 0 Å². The Balaban J connectivity index is 1.88. The van der Waals surface area contributed by atoms with Crippen molar-refractivity contribution >= 4 is 27.5 Å². The minimum atomic E-state index is -4.03. The maximum atomic E-state index is 13.2. The van der Waals surface area contributed by atoms with E-state index in [0.717, 1.165) is 11.3 Å². The molecule has 8 heteroatoms. The molecule has 0 N–H and O–H groups in total. The van der Waals surface area contributed by atoms with E-state index in [9.17, 15) is 13.7 Å². The van der Waals surface area contributed by atoms with Gasteiger partial charge >= 0.3 is 0 Å². The van der Waals surface area contributed by atoms with Gasteiger partial charge in [0, 0.05) is 17.3 Å². The van der Waals surface area contributed by atoms with Crippen LogP contribution < -0.4 is 4.74 Å². The first-order valence-corrected chi connectivity index (χ1v) is 12.7. The van der Waals surface area contributed by atoms with Gasteiger partial charge in [0.15, 0.2) is 0 Å².